The third-order valence-electron chi connectivity index (χ3n) is 9.40. The van der Waals surface area contributed by atoms with Gasteiger partial charge in [0, 0.05) is 47.6 Å². The van der Waals surface area contributed by atoms with Gasteiger partial charge in [0.2, 0.25) is 0 Å². The number of aromatic nitrogens is 3. The maximum Gasteiger partial charge on any atom is 0.337 e. The zero-order valence-electron chi connectivity index (χ0n) is 29.1. The zero-order chi connectivity index (χ0) is 34.4. The minimum Gasteiger partial charge on any atom is -0.490 e. The van der Waals surface area contributed by atoms with Gasteiger partial charge in [0.05, 0.1) is 28.6 Å². The molecule has 0 saturated carbocycles. The molecule has 1 N–H and O–H groups in total. The first-order chi connectivity index (χ1) is 22.7. The summed E-state index contributed by atoms with van der Waals surface area (Å²) >= 11 is 6.66. The van der Waals surface area contributed by atoms with E-state index in [-0.39, 0.29) is 11.7 Å². The smallest absolute Gasteiger partial charge is 0.337 e. The van der Waals surface area contributed by atoms with Crippen LogP contribution in [0.4, 0.5) is 5.82 Å². The molecule has 3 aliphatic heterocycles. The minimum absolute atomic E-state index is 0.0224. The monoisotopic (exact) mass is 674 g/mol. The third kappa shape index (κ3) is 7.19. The Labute approximate surface area is 288 Å². The van der Waals surface area contributed by atoms with Gasteiger partial charge in [-0.05, 0) is 110 Å². The van der Waals surface area contributed by atoms with Crippen molar-refractivity contribution >= 4 is 29.0 Å². The molecular weight excluding hydrogens is 628 g/mol. The van der Waals surface area contributed by atoms with E-state index in [0.29, 0.717) is 47.4 Å². The molecule has 1 saturated heterocycles. The van der Waals surface area contributed by atoms with E-state index in [4.69, 9.17) is 35.9 Å². The molecule has 0 amide bonds. The highest BCUT2D eigenvalue weighted by atomic mass is 35.5. The molecule has 256 valence electrons. The Morgan fingerprint density at radius 2 is 1.83 bits per heavy atom. The number of benzene rings is 2. The van der Waals surface area contributed by atoms with Crippen molar-refractivity contribution in [2.45, 2.75) is 104 Å². The summed E-state index contributed by atoms with van der Waals surface area (Å²) in [5, 5.41) is 16.3. The van der Waals surface area contributed by atoms with Crippen LogP contribution in [-0.2, 0) is 14.3 Å². The first-order valence-corrected chi connectivity index (χ1v) is 17.4. The molecule has 3 aliphatic rings. The standard InChI is InChI=1S/C38H47ClN4O5/c1-23-19-31-28(21-29(23)39)26-12-10-13-27(20-26)30-22-32-40-25(3)33(34(36(44)45)48-37(4,5)6)35(43(32)41-30)42-16-14-38(7,15-17-42)46-18-9-8-11-24(2)47-31/h10,12-13,19-22,24,34H,8-9,11,14-18H2,1-7H3,(H,44,45). The van der Waals surface area contributed by atoms with Crippen LogP contribution in [0.25, 0.3) is 28.0 Å². The van der Waals surface area contributed by atoms with Crippen molar-refractivity contribution in [1.29, 1.82) is 0 Å². The van der Waals surface area contributed by atoms with Crippen molar-refractivity contribution in [3.8, 4) is 28.1 Å². The second-order valence-electron chi connectivity index (χ2n) is 14.6. The summed E-state index contributed by atoms with van der Waals surface area (Å²) in [6, 6.07) is 14.1. The average molecular weight is 675 g/mol. The summed E-state index contributed by atoms with van der Waals surface area (Å²) in [7, 11) is 0. The number of carboxylic acid groups (broad SMARTS) is 1. The van der Waals surface area contributed by atoms with E-state index >= 15 is 0 Å². The number of aryl methyl sites for hydroxylation is 2. The SMILES string of the molecule is Cc1cc2c(cc1Cl)-c1cccc(c1)-c1cc3nc(C)c(C(OC(C)(C)C)C(=O)O)c(n3n1)N1CCC(C)(CC1)OCCCCC(C)O2. The average Bonchev–Trinajstić information content (AvgIpc) is 3.44. The fourth-order valence-electron chi connectivity index (χ4n) is 6.74. The summed E-state index contributed by atoms with van der Waals surface area (Å²) in [6.45, 7) is 15.8. The lowest BCUT2D eigenvalue weighted by atomic mass is 9.92. The normalized spacial score (nSPS) is 21.2. The van der Waals surface area contributed by atoms with Gasteiger partial charge >= 0.3 is 5.97 Å². The van der Waals surface area contributed by atoms with Crippen LogP contribution in [-0.4, -0.2) is 62.7 Å². The van der Waals surface area contributed by atoms with E-state index in [2.05, 4.69) is 30.9 Å². The number of hydrogen-bond donors (Lipinski definition) is 1. The highest BCUT2D eigenvalue weighted by molar-refractivity contribution is 6.31. The Morgan fingerprint density at radius 1 is 1.10 bits per heavy atom. The molecular formula is C38H47ClN4O5. The van der Waals surface area contributed by atoms with Crippen LogP contribution in [0.1, 0.15) is 89.6 Å². The van der Waals surface area contributed by atoms with Crippen LogP contribution in [0.2, 0.25) is 5.02 Å². The van der Waals surface area contributed by atoms with Crippen LogP contribution in [0, 0.1) is 13.8 Å². The summed E-state index contributed by atoms with van der Waals surface area (Å²) in [4.78, 5) is 20.0. The van der Waals surface area contributed by atoms with E-state index in [9.17, 15) is 9.90 Å². The molecule has 5 heterocycles. The Bertz CT molecular complexity index is 1820. The Kier molecular flexibility index (Phi) is 9.50. The topological polar surface area (TPSA) is 98.4 Å². The lowest BCUT2D eigenvalue weighted by molar-refractivity contribution is -0.160. The Hall–Kier alpha value is -3.66. The van der Waals surface area contributed by atoms with E-state index in [1.165, 1.54) is 0 Å². The molecule has 7 rings (SSSR count). The molecule has 0 spiro atoms. The van der Waals surface area contributed by atoms with Crippen LogP contribution in [0.5, 0.6) is 5.75 Å². The lowest BCUT2D eigenvalue weighted by Crippen LogP contribution is -2.46. The summed E-state index contributed by atoms with van der Waals surface area (Å²) in [5.74, 6) is 0.428. The number of halogens is 1. The second kappa shape index (κ2) is 13.3. The number of ether oxygens (including phenoxy) is 3. The first-order valence-electron chi connectivity index (χ1n) is 17.0. The van der Waals surface area contributed by atoms with Crippen molar-refractivity contribution in [2.24, 2.45) is 0 Å². The number of aliphatic carboxylic acids is 1. The van der Waals surface area contributed by atoms with Gasteiger partial charge in [0.25, 0.3) is 0 Å². The maximum absolute atomic E-state index is 12.8. The molecule has 2 unspecified atom stereocenters. The molecule has 2 aromatic heterocycles. The lowest BCUT2D eigenvalue weighted by Gasteiger charge is -2.41. The van der Waals surface area contributed by atoms with E-state index in [1.54, 1.807) is 4.52 Å². The van der Waals surface area contributed by atoms with Crippen molar-refractivity contribution in [1.82, 2.24) is 14.6 Å². The van der Waals surface area contributed by atoms with Crippen molar-refractivity contribution < 1.29 is 24.1 Å². The van der Waals surface area contributed by atoms with Crippen LogP contribution in [0.15, 0.2) is 42.5 Å². The fraction of sp³-hybridized carbons (Fsp3) is 0.500. The van der Waals surface area contributed by atoms with Crippen LogP contribution < -0.4 is 9.64 Å². The molecule has 2 aromatic carbocycles. The molecule has 1 fully saturated rings. The number of carboxylic acids is 1. The van der Waals surface area contributed by atoms with Crippen LogP contribution >= 0.6 is 11.6 Å². The largest absolute Gasteiger partial charge is 0.490 e. The molecule has 2 atom stereocenters. The summed E-state index contributed by atoms with van der Waals surface area (Å²) in [5.41, 5.74) is 5.23. The van der Waals surface area contributed by atoms with E-state index in [1.807, 2.05) is 65.0 Å². The quantitative estimate of drug-likeness (QED) is 0.231. The van der Waals surface area contributed by atoms with E-state index in [0.717, 1.165) is 65.8 Å². The maximum atomic E-state index is 12.8. The van der Waals surface area contributed by atoms with Gasteiger partial charge in [0.1, 0.15) is 11.6 Å². The number of rotatable bonds is 3. The predicted octanol–water partition coefficient (Wildman–Crippen LogP) is 8.60. The minimum atomic E-state index is -1.23. The van der Waals surface area contributed by atoms with Gasteiger partial charge < -0.3 is 24.2 Å². The number of fused-ring (bicyclic) bond motifs is 8. The van der Waals surface area contributed by atoms with E-state index < -0.39 is 17.7 Å². The molecule has 0 aliphatic carbocycles. The molecule has 4 aromatic rings. The number of hydrogen-bond acceptors (Lipinski definition) is 7. The molecule has 48 heavy (non-hydrogen) atoms. The fourth-order valence-corrected chi connectivity index (χ4v) is 6.91. The zero-order valence-corrected chi connectivity index (χ0v) is 29.9. The highest BCUT2D eigenvalue weighted by Gasteiger charge is 2.38. The summed E-state index contributed by atoms with van der Waals surface area (Å²) < 4.78 is 21.1. The number of anilines is 1. The van der Waals surface area contributed by atoms with Gasteiger partial charge in [0.15, 0.2) is 11.8 Å². The first kappa shape index (κ1) is 34.2. The second-order valence-corrected chi connectivity index (χ2v) is 15.0. The Balaban J connectivity index is 1.54. The van der Waals surface area contributed by atoms with Gasteiger partial charge in [-0.3, -0.25) is 0 Å². The van der Waals surface area contributed by atoms with Crippen molar-refractivity contribution in [3.05, 3.63) is 64.3 Å². The molecule has 9 nitrogen and oxygen atoms in total. The van der Waals surface area contributed by atoms with Gasteiger partial charge in [-0.1, -0.05) is 29.8 Å². The summed E-state index contributed by atoms with van der Waals surface area (Å²) in [6.07, 6.45) is 3.22. The van der Waals surface area contributed by atoms with Gasteiger partial charge in [-0.25, -0.2) is 9.78 Å². The highest BCUT2D eigenvalue weighted by Crippen LogP contribution is 2.40. The molecule has 10 heteroatoms. The molecule has 6 bridgehead atoms. The van der Waals surface area contributed by atoms with Gasteiger partial charge in [-0.15, -0.1) is 0 Å². The number of piperidine rings is 1. The number of carbonyl (C=O) groups is 1. The van der Waals surface area contributed by atoms with Crippen LogP contribution in [0.3, 0.4) is 0 Å². The Morgan fingerprint density at radius 3 is 2.54 bits per heavy atom. The predicted molar refractivity (Wildman–Crippen MR) is 189 cm³/mol. The third-order valence-corrected chi connectivity index (χ3v) is 9.80. The molecule has 0 radical (unpaired) electrons. The number of nitrogens with zero attached hydrogens (tertiary/aromatic N) is 4. The van der Waals surface area contributed by atoms with Crippen molar-refractivity contribution in [3.63, 3.8) is 0 Å². The van der Waals surface area contributed by atoms with Crippen molar-refractivity contribution in [2.75, 3.05) is 24.6 Å². The van der Waals surface area contributed by atoms with Gasteiger partial charge in [-0.2, -0.15) is 9.61 Å².